The molecule has 102 valence electrons. The number of aromatic carboxylic acids is 1. The Kier molecular flexibility index (Phi) is 3.65. The Morgan fingerprint density at radius 2 is 2.00 bits per heavy atom. The first kappa shape index (κ1) is 13.5. The van der Waals surface area contributed by atoms with Crippen molar-refractivity contribution >= 4 is 17.6 Å². The largest absolute Gasteiger partial charge is 0.478 e. The summed E-state index contributed by atoms with van der Waals surface area (Å²) < 4.78 is 0. The maximum Gasteiger partial charge on any atom is 0.336 e. The van der Waals surface area contributed by atoms with Crippen molar-refractivity contribution in [2.75, 3.05) is 5.32 Å². The zero-order valence-electron chi connectivity index (χ0n) is 10.6. The zero-order chi connectivity index (χ0) is 14.7. The SMILES string of the molecule is Cc1c(NC(=O)c2cc[nH]c(=O)c2)cccc1C(=O)O. The summed E-state index contributed by atoms with van der Waals surface area (Å²) in [5.41, 5.74) is 0.796. The van der Waals surface area contributed by atoms with Gasteiger partial charge in [0, 0.05) is 23.5 Å². The monoisotopic (exact) mass is 272 g/mol. The molecule has 0 saturated carbocycles. The van der Waals surface area contributed by atoms with E-state index in [-0.39, 0.29) is 16.7 Å². The van der Waals surface area contributed by atoms with E-state index in [1.54, 1.807) is 19.1 Å². The van der Waals surface area contributed by atoms with Crippen LogP contribution in [0.5, 0.6) is 0 Å². The first-order chi connectivity index (χ1) is 9.49. The van der Waals surface area contributed by atoms with E-state index in [9.17, 15) is 14.4 Å². The molecule has 0 aliphatic rings. The number of aromatic amines is 1. The van der Waals surface area contributed by atoms with Gasteiger partial charge >= 0.3 is 5.97 Å². The molecule has 0 aliphatic carbocycles. The zero-order valence-corrected chi connectivity index (χ0v) is 10.6. The normalized spacial score (nSPS) is 10.1. The van der Waals surface area contributed by atoms with E-state index in [1.165, 1.54) is 24.4 Å². The smallest absolute Gasteiger partial charge is 0.336 e. The molecule has 2 aromatic rings. The second-order valence-corrected chi connectivity index (χ2v) is 4.18. The average molecular weight is 272 g/mol. The van der Waals surface area contributed by atoms with E-state index in [0.717, 1.165) is 0 Å². The minimum Gasteiger partial charge on any atom is -0.478 e. The van der Waals surface area contributed by atoms with Crippen LogP contribution in [0.25, 0.3) is 0 Å². The van der Waals surface area contributed by atoms with Crippen molar-refractivity contribution in [1.82, 2.24) is 4.98 Å². The Hall–Kier alpha value is -2.89. The summed E-state index contributed by atoms with van der Waals surface area (Å²) in [6.45, 7) is 1.61. The van der Waals surface area contributed by atoms with Crippen LogP contribution in [0, 0.1) is 6.92 Å². The molecule has 0 bridgehead atoms. The van der Waals surface area contributed by atoms with Crippen LogP contribution in [0.4, 0.5) is 5.69 Å². The molecule has 20 heavy (non-hydrogen) atoms. The van der Waals surface area contributed by atoms with Crippen LogP contribution < -0.4 is 10.9 Å². The van der Waals surface area contributed by atoms with Gasteiger partial charge in [-0.1, -0.05) is 6.07 Å². The van der Waals surface area contributed by atoms with Crippen LogP contribution >= 0.6 is 0 Å². The van der Waals surface area contributed by atoms with E-state index in [2.05, 4.69) is 10.3 Å². The predicted octanol–water partition coefficient (Wildman–Crippen LogP) is 1.63. The fraction of sp³-hybridized carbons (Fsp3) is 0.0714. The second kappa shape index (κ2) is 5.40. The molecule has 0 atom stereocenters. The molecular weight excluding hydrogens is 260 g/mol. The minimum absolute atomic E-state index is 0.119. The van der Waals surface area contributed by atoms with Crippen molar-refractivity contribution in [2.45, 2.75) is 6.92 Å². The number of aromatic nitrogens is 1. The number of carbonyl (C=O) groups excluding carboxylic acids is 1. The van der Waals surface area contributed by atoms with E-state index in [4.69, 9.17) is 5.11 Å². The molecule has 0 fully saturated rings. The number of anilines is 1. The summed E-state index contributed by atoms with van der Waals surface area (Å²) >= 11 is 0. The second-order valence-electron chi connectivity index (χ2n) is 4.18. The predicted molar refractivity (Wildman–Crippen MR) is 73.2 cm³/mol. The Morgan fingerprint density at radius 1 is 1.25 bits per heavy atom. The van der Waals surface area contributed by atoms with Crippen molar-refractivity contribution in [3.8, 4) is 0 Å². The molecule has 0 aliphatic heterocycles. The lowest BCUT2D eigenvalue weighted by atomic mass is 10.1. The van der Waals surface area contributed by atoms with Gasteiger partial charge in [0.2, 0.25) is 5.56 Å². The third-order valence-corrected chi connectivity index (χ3v) is 2.85. The number of rotatable bonds is 3. The molecule has 0 saturated heterocycles. The Balaban J connectivity index is 2.31. The number of hydrogen-bond donors (Lipinski definition) is 3. The third kappa shape index (κ3) is 2.74. The van der Waals surface area contributed by atoms with Crippen LogP contribution in [0.3, 0.4) is 0 Å². The number of hydrogen-bond acceptors (Lipinski definition) is 3. The molecule has 6 nitrogen and oxygen atoms in total. The Labute approximate surface area is 114 Å². The molecule has 1 aromatic heterocycles. The molecule has 0 radical (unpaired) electrons. The van der Waals surface area contributed by atoms with Gasteiger partial charge in [0.1, 0.15) is 0 Å². The van der Waals surface area contributed by atoms with Gasteiger partial charge in [-0.3, -0.25) is 9.59 Å². The lowest BCUT2D eigenvalue weighted by Gasteiger charge is -2.10. The molecule has 6 heteroatoms. The lowest BCUT2D eigenvalue weighted by Crippen LogP contribution is -2.16. The van der Waals surface area contributed by atoms with Crippen LogP contribution in [0.2, 0.25) is 0 Å². The van der Waals surface area contributed by atoms with E-state index >= 15 is 0 Å². The number of nitrogens with one attached hydrogen (secondary N) is 2. The van der Waals surface area contributed by atoms with E-state index in [0.29, 0.717) is 11.3 Å². The summed E-state index contributed by atoms with van der Waals surface area (Å²) in [6, 6.07) is 7.25. The summed E-state index contributed by atoms with van der Waals surface area (Å²) in [5, 5.41) is 11.6. The minimum atomic E-state index is -1.06. The fourth-order valence-electron chi connectivity index (χ4n) is 1.78. The molecule has 1 aromatic carbocycles. The number of carboxylic acid groups (broad SMARTS) is 1. The van der Waals surface area contributed by atoms with Crippen LogP contribution in [0.1, 0.15) is 26.3 Å². The van der Waals surface area contributed by atoms with Crippen molar-refractivity contribution in [2.24, 2.45) is 0 Å². The fourth-order valence-corrected chi connectivity index (χ4v) is 1.78. The van der Waals surface area contributed by atoms with E-state index < -0.39 is 11.9 Å². The summed E-state index contributed by atoms with van der Waals surface area (Å²) in [6.07, 6.45) is 1.37. The van der Waals surface area contributed by atoms with Gasteiger partial charge in [0.25, 0.3) is 5.91 Å². The molecule has 0 spiro atoms. The number of H-pyrrole nitrogens is 1. The number of carboxylic acids is 1. The standard InChI is InChI=1S/C14H12N2O4/c1-8-10(14(19)20)3-2-4-11(8)16-13(18)9-5-6-15-12(17)7-9/h2-7H,1H3,(H,15,17)(H,16,18)(H,19,20). The van der Waals surface area contributed by atoms with Crippen LogP contribution in [-0.4, -0.2) is 22.0 Å². The third-order valence-electron chi connectivity index (χ3n) is 2.85. The number of pyridine rings is 1. The van der Waals surface area contributed by atoms with Crippen molar-refractivity contribution < 1.29 is 14.7 Å². The van der Waals surface area contributed by atoms with Gasteiger partial charge < -0.3 is 15.4 Å². The van der Waals surface area contributed by atoms with Crippen molar-refractivity contribution in [3.63, 3.8) is 0 Å². The summed E-state index contributed by atoms with van der Waals surface area (Å²) in [5.74, 6) is -1.53. The lowest BCUT2D eigenvalue weighted by molar-refractivity contribution is 0.0695. The van der Waals surface area contributed by atoms with Crippen molar-refractivity contribution in [3.05, 3.63) is 63.6 Å². The number of carbonyl (C=O) groups is 2. The Morgan fingerprint density at radius 3 is 2.65 bits per heavy atom. The van der Waals surface area contributed by atoms with Crippen LogP contribution in [-0.2, 0) is 0 Å². The van der Waals surface area contributed by atoms with Gasteiger partial charge in [-0.25, -0.2) is 4.79 Å². The highest BCUT2D eigenvalue weighted by molar-refractivity contribution is 6.05. The van der Waals surface area contributed by atoms with Gasteiger partial charge in [-0.05, 0) is 30.7 Å². The molecule has 1 heterocycles. The quantitative estimate of drug-likeness (QED) is 0.790. The molecule has 3 N–H and O–H groups in total. The van der Waals surface area contributed by atoms with Crippen LogP contribution in [0.15, 0.2) is 41.3 Å². The first-order valence-corrected chi connectivity index (χ1v) is 5.82. The highest BCUT2D eigenvalue weighted by Gasteiger charge is 2.13. The van der Waals surface area contributed by atoms with Crippen molar-refractivity contribution in [1.29, 1.82) is 0 Å². The maximum absolute atomic E-state index is 12.0. The molecule has 2 rings (SSSR count). The van der Waals surface area contributed by atoms with Gasteiger partial charge in [0.05, 0.1) is 5.56 Å². The average Bonchev–Trinajstić information content (AvgIpc) is 2.40. The number of benzene rings is 1. The molecule has 1 amide bonds. The first-order valence-electron chi connectivity index (χ1n) is 5.82. The highest BCUT2D eigenvalue weighted by Crippen LogP contribution is 2.19. The summed E-state index contributed by atoms with van der Waals surface area (Å²) in [7, 11) is 0. The van der Waals surface area contributed by atoms with Gasteiger partial charge in [0.15, 0.2) is 0 Å². The number of amides is 1. The van der Waals surface area contributed by atoms with Gasteiger partial charge in [-0.15, -0.1) is 0 Å². The van der Waals surface area contributed by atoms with E-state index in [1.807, 2.05) is 0 Å². The Bertz CT molecular complexity index is 734. The maximum atomic E-state index is 12.0. The highest BCUT2D eigenvalue weighted by atomic mass is 16.4. The van der Waals surface area contributed by atoms with Gasteiger partial charge in [-0.2, -0.15) is 0 Å². The summed E-state index contributed by atoms with van der Waals surface area (Å²) in [4.78, 5) is 36.6. The molecular formula is C14H12N2O4. The molecule has 0 unspecified atom stereocenters. The topological polar surface area (TPSA) is 99.3 Å².